The summed E-state index contributed by atoms with van der Waals surface area (Å²) in [4.78, 5) is 11.0. The van der Waals surface area contributed by atoms with E-state index >= 15 is 0 Å². The first-order chi connectivity index (χ1) is 5.63. The van der Waals surface area contributed by atoms with E-state index in [9.17, 15) is 4.79 Å². The third-order valence-electron chi connectivity index (χ3n) is 2.10. The molecule has 0 aromatic rings. The number of carbonyl (C=O) groups excluding carboxylic acids is 1. The Morgan fingerprint density at radius 3 is 2.46 bits per heavy atom. The highest BCUT2D eigenvalue weighted by molar-refractivity contribution is 5.85. The molecule has 0 aliphatic heterocycles. The lowest BCUT2D eigenvalue weighted by molar-refractivity contribution is -0.143. The second kappa shape index (κ2) is 8.32. The summed E-state index contributed by atoms with van der Waals surface area (Å²) in [6.45, 7) is 4.10. The standard InChI is InChI=1S/C9H19NO2.ClH/c1-4-5-6-7(2)8(10)9(11)12-3;/h7-8H,4-6,10H2,1-3H3;1H/t7-,8-;/m0./s1. The van der Waals surface area contributed by atoms with Crippen molar-refractivity contribution >= 4 is 18.4 Å². The molecule has 2 N–H and O–H groups in total. The maximum atomic E-state index is 11.0. The van der Waals surface area contributed by atoms with Crippen molar-refractivity contribution in [2.45, 2.75) is 39.2 Å². The van der Waals surface area contributed by atoms with Gasteiger partial charge in [0.1, 0.15) is 6.04 Å². The lowest BCUT2D eigenvalue weighted by atomic mass is 9.97. The van der Waals surface area contributed by atoms with E-state index in [0.29, 0.717) is 0 Å². The van der Waals surface area contributed by atoms with Crippen LogP contribution in [0.2, 0.25) is 0 Å². The van der Waals surface area contributed by atoms with Crippen LogP contribution in [0.5, 0.6) is 0 Å². The van der Waals surface area contributed by atoms with E-state index in [0.717, 1.165) is 19.3 Å². The van der Waals surface area contributed by atoms with Crippen LogP contribution in [0.4, 0.5) is 0 Å². The molecule has 0 bridgehead atoms. The minimum absolute atomic E-state index is 0. The third-order valence-corrected chi connectivity index (χ3v) is 2.10. The van der Waals surface area contributed by atoms with Crippen molar-refractivity contribution in [2.24, 2.45) is 11.7 Å². The SMILES string of the molecule is CCCC[C@H](C)[C@H](N)C(=O)OC.Cl. The molecule has 13 heavy (non-hydrogen) atoms. The van der Waals surface area contributed by atoms with Crippen molar-refractivity contribution in [1.82, 2.24) is 0 Å². The summed E-state index contributed by atoms with van der Waals surface area (Å²) in [6.07, 6.45) is 3.25. The first-order valence-corrected chi connectivity index (χ1v) is 4.46. The second-order valence-electron chi connectivity index (χ2n) is 3.17. The molecule has 0 amide bonds. The van der Waals surface area contributed by atoms with Crippen LogP contribution in [0.15, 0.2) is 0 Å². The van der Waals surface area contributed by atoms with Gasteiger partial charge in [-0.1, -0.05) is 26.7 Å². The van der Waals surface area contributed by atoms with E-state index in [4.69, 9.17) is 5.73 Å². The van der Waals surface area contributed by atoms with E-state index in [1.807, 2.05) is 6.92 Å². The highest BCUT2D eigenvalue weighted by Crippen LogP contribution is 2.11. The Morgan fingerprint density at radius 2 is 2.08 bits per heavy atom. The topological polar surface area (TPSA) is 52.3 Å². The summed E-state index contributed by atoms with van der Waals surface area (Å²) < 4.78 is 4.55. The number of hydrogen-bond donors (Lipinski definition) is 1. The lowest BCUT2D eigenvalue weighted by Gasteiger charge is -2.16. The summed E-state index contributed by atoms with van der Waals surface area (Å²) in [6, 6.07) is -0.457. The molecule has 3 nitrogen and oxygen atoms in total. The van der Waals surface area contributed by atoms with Gasteiger partial charge in [-0.15, -0.1) is 12.4 Å². The zero-order valence-electron chi connectivity index (χ0n) is 8.58. The molecule has 0 spiro atoms. The largest absolute Gasteiger partial charge is 0.468 e. The number of methoxy groups -OCH3 is 1. The predicted octanol–water partition coefficient (Wildman–Crippen LogP) is 1.73. The maximum absolute atomic E-state index is 11.0. The van der Waals surface area contributed by atoms with Gasteiger partial charge < -0.3 is 10.5 Å². The monoisotopic (exact) mass is 209 g/mol. The first kappa shape index (κ1) is 15.2. The number of halogens is 1. The minimum atomic E-state index is -0.457. The predicted molar refractivity (Wildman–Crippen MR) is 55.9 cm³/mol. The van der Waals surface area contributed by atoms with Crippen molar-refractivity contribution in [3.05, 3.63) is 0 Å². The summed E-state index contributed by atoms with van der Waals surface area (Å²) in [5.74, 6) is -0.0870. The Balaban J connectivity index is 0. The zero-order chi connectivity index (χ0) is 9.56. The molecule has 0 rings (SSSR count). The van der Waals surface area contributed by atoms with Crippen molar-refractivity contribution < 1.29 is 9.53 Å². The lowest BCUT2D eigenvalue weighted by Crippen LogP contribution is -2.37. The van der Waals surface area contributed by atoms with E-state index in [1.54, 1.807) is 0 Å². The Labute approximate surface area is 86.4 Å². The summed E-state index contributed by atoms with van der Waals surface area (Å²) in [5.41, 5.74) is 5.64. The van der Waals surface area contributed by atoms with E-state index < -0.39 is 6.04 Å². The first-order valence-electron chi connectivity index (χ1n) is 4.46. The van der Waals surface area contributed by atoms with Gasteiger partial charge in [0.05, 0.1) is 7.11 Å². The average Bonchev–Trinajstić information content (AvgIpc) is 2.11. The van der Waals surface area contributed by atoms with Crippen LogP contribution >= 0.6 is 12.4 Å². The molecule has 0 saturated carbocycles. The molecule has 2 atom stereocenters. The van der Waals surface area contributed by atoms with Crippen LogP contribution in [0.3, 0.4) is 0 Å². The van der Waals surface area contributed by atoms with Crippen LogP contribution in [-0.2, 0) is 9.53 Å². The number of ether oxygens (including phenoxy) is 1. The van der Waals surface area contributed by atoms with Gasteiger partial charge in [-0.2, -0.15) is 0 Å². The van der Waals surface area contributed by atoms with Gasteiger partial charge in [-0.25, -0.2) is 0 Å². The molecule has 0 aromatic carbocycles. The Bertz CT molecular complexity index is 142. The maximum Gasteiger partial charge on any atom is 0.322 e. The van der Waals surface area contributed by atoms with Gasteiger partial charge in [-0.05, 0) is 12.3 Å². The molecule has 0 saturated heterocycles. The van der Waals surface area contributed by atoms with E-state index in [2.05, 4.69) is 11.7 Å². The quantitative estimate of drug-likeness (QED) is 0.702. The summed E-state index contributed by atoms with van der Waals surface area (Å²) >= 11 is 0. The third kappa shape index (κ3) is 5.88. The Hall–Kier alpha value is -0.280. The molecular weight excluding hydrogens is 190 g/mol. The molecule has 0 aliphatic carbocycles. The van der Waals surface area contributed by atoms with Crippen LogP contribution in [0.1, 0.15) is 33.1 Å². The molecular formula is C9H20ClNO2. The number of hydrogen-bond acceptors (Lipinski definition) is 3. The molecule has 0 aromatic heterocycles. The van der Waals surface area contributed by atoms with Gasteiger partial charge in [0.2, 0.25) is 0 Å². The van der Waals surface area contributed by atoms with Crippen molar-refractivity contribution in [2.75, 3.05) is 7.11 Å². The van der Waals surface area contributed by atoms with Crippen molar-refractivity contribution in [3.63, 3.8) is 0 Å². The molecule has 0 radical (unpaired) electrons. The molecule has 0 unspecified atom stereocenters. The smallest absolute Gasteiger partial charge is 0.322 e. The van der Waals surface area contributed by atoms with Crippen molar-refractivity contribution in [1.29, 1.82) is 0 Å². The van der Waals surface area contributed by atoms with E-state index in [1.165, 1.54) is 7.11 Å². The highest BCUT2D eigenvalue weighted by Gasteiger charge is 2.20. The number of nitrogens with two attached hydrogens (primary N) is 1. The van der Waals surface area contributed by atoms with Crippen molar-refractivity contribution in [3.8, 4) is 0 Å². The number of unbranched alkanes of at least 4 members (excludes halogenated alkanes) is 1. The van der Waals surface area contributed by atoms with E-state index in [-0.39, 0.29) is 24.3 Å². The zero-order valence-corrected chi connectivity index (χ0v) is 9.39. The Kier molecular flexibility index (Phi) is 9.74. The molecule has 4 heteroatoms. The number of esters is 1. The second-order valence-corrected chi connectivity index (χ2v) is 3.17. The van der Waals surface area contributed by atoms with Crippen LogP contribution in [0, 0.1) is 5.92 Å². The van der Waals surface area contributed by atoms with Gasteiger partial charge >= 0.3 is 5.97 Å². The average molecular weight is 210 g/mol. The summed E-state index contributed by atoms with van der Waals surface area (Å²) in [7, 11) is 1.37. The highest BCUT2D eigenvalue weighted by atomic mass is 35.5. The van der Waals surface area contributed by atoms with Crippen LogP contribution in [0.25, 0.3) is 0 Å². The molecule has 0 heterocycles. The molecule has 0 aliphatic rings. The van der Waals surface area contributed by atoms with Crippen LogP contribution < -0.4 is 5.73 Å². The number of carbonyl (C=O) groups is 1. The fraction of sp³-hybridized carbons (Fsp3) is 0.889. The molecule has 0 fully saturated rings. The fourth-order valence-corrected chi connectivity index (χ4v) is 1.07. The van der Waals surface area contributed by atoms with Gasteiger partial charge in [0.25, 0.3) is 0 Å². The van der Waals surface area contributed by atoms with Gasteiger partial charge in [0.15, 0.2) is 0 Å². The Morgan fingerprint density at radius 1 is 1.54 bits per heavy atom. The minimum Gasteiger partial charge on any atom is -0.468 e. The summed E-state index contributed by atoms with van der Waals surface area (Å²) in [5, 5.41) is 0. The van der Waals surface area contributed by atoms with Gasteiger partial charge in [0, 0.05) is 0 Å². The number of rotatable bonds is 5. The van der Waals surface area contributed by atoms with Gasteiger partial charge in [-0.3, -0.25) is 4.79 Å². The fourth-order valence-electron chi connectivity index (χ4n) is 1.07. The normalized spacial score (nSPS) is 14.2. The molecule has 80 valence electrons. The van der Waals surface area contributed by atoms with Crippen LogP contribution in [-0.4, -0.2) is 19.1 Å².